The lowest BCUT2D eigenvalue weighted by Gasteiger charge is -2.43. The van der Waals surface area contributed by atoms with Crippen LogP contribution in [0.4, 0.5) is 0 Å². The zero-order valence-electron chi connectivity index (χ0n) is 13.7. The SMILES string of the molecule is CCc1ccc(CC(C)(C)C2CCC(C)CC2N)cc1. The quantitative estimate of drug-likeness (QED) is 0.853. The molecule has 1 heteroatoms. The fourth-order valence-corrected chi connectivity index (χ4v) is 3.95. The maximum absolute atomic E-state index is 6.45. The van der Waals surface area contributed by atoms with Gasteiger partial charge in [0.2, 0.25) is 0 Å². The van der Waals surface area contributed by atoms with E-state index in [0.29, 0.717) is 17.4 Å². The van der Waals surface area contributed by atoms with Gasteiger partial charge >= 0.3 is 0 Å². The van der Waals surface area contributed by atoms with Crippen LogP contribution in [0.1, 0.15) is 58.1 Å². The Morgan fingerprint density at radius 2 is 1.70 bits per heavy atom. The lowest BCUT2D eigenvalue weighted by atomic mass is 9.64. The second-order valence-electron chi connectivity index (χ2n) is 7.52. The molecule has 0 heterocycles. The number of rotatable bonds is 4. The number of benzene rings is 1. The minimum atomic E-state index is 0.299. The Morgan fingerprint density at radius 1 is 1.10 bits per heavy atom. The van der Waals surface area contributed by atoms with Gasteiger partial charge in [-0.05, 0) is 54.1 Å². The van der Waals surface area contributed by atoms with E-state index in [-0.39, 0.29) is 0 Å². The summed E-state index contributed by atoms with van der Waals surface area (Å²) in [5.41, 5.74) is 9.64. The first kappa shape index (κ1) is 15.6. The second-order valence-corrected chi connectivity index (χ2v) is 7.52. The van der Waals surface area contributed by atoms with Crippen molar-refractivity contribution in [1.82, 2.24) is 0 Å². The van der Waals surface area contributed by atoms with E-state index in [2.05, 4.69) is 52.0 Å². The van der Waals surface area contributed by atoms with Crippen molar-refractivity contribution >= 4 is 0 Å². The van der Waals surface area contributed by atoms with Gasteiger partial charge in [-0.2, -0.15) is 0 Å². The van der Waals surface area contributed by atoms with E-state index in [1.54, 1.807) is 0 Å². The molecule has 0 bridgehead atoms. The molecule has 20 heavy (non-hydrogen) atoms. The highest BCUT2D eigenvalue weighted by Crippen LogP contribution is 2.41. The van der Waals surface area contributed by atoms with Crippen LogP contribution >= 0.6 is 0 Å². The summed E-state index contributed by atoms with van der Waals surface area (Å²) >= 11 is 0. The van der Waals surface area contributed by atoms with Crippen LogP contribution in [0.2, 0.25) is 0 Å². The predicted octanol–water partition coefficient (Wildman–Crippen LogP) is 4.58. The largest absolute Gasteiger partial charge is 0.327 e. The molecule has 1 aromatic rings. The van der Waals surface area contributed by atoms with Gasteiger partial charge in [0.15, 0.2) is 0 Å². The van der Waals surface area contributed by atoms with Crippen molar-refractivity contribution < 1.29 is 0 Å². The van der Waals surface area contributed by atoms with Crippen molar-refractivity contribution in [2.45, 2.75) is 65.8 Å². The number of aryl methyl sites for hydroxylation is 1. The highest BCUT2D eigenvalue weighted by atomic mass is 14.7. The van der Waals surface area contributed by atoms with Crippen LogP contribution in [0.15, 0.2) is 24.3 Å². The molecule has 3 unspecified atom stereocenters. The molecule has 0 spiro atoms. The molecule has 2 rings (SSSR count). The Labute approximate surface area is 125 Å². The first-order chi connectivity index (χ1) is 9.42. The molecule has 1 saturated carbocycles. The molecule has 1 aliphatic rings. The minimum Gasteiger partial charge on any atom is -0.327 e. The van der Waals surface area contributed by atoms with Gasteiger partial charge in [0.1, 0.15) is 0 Å². The monoisotopic (exact) mass is 273 g/mol. The molecular formula is C19H31N. The summed E-state index contributed by atoms with van der Waals surface area (Å²) in [4.78, 5) is 0. The summed E-state index contributed by atoms with van der Waals surface area (Å²) < 4.78 is 0. The summed E-state index contributed by atoms with van der Waals surface area (Å²) in [6.07, 6.45) is 6.10. The predicted molar refractivity (Wildman–Crippen MR) is 87.8 cm³/mol. The maximum atomic E-state index is 6.45. The van der Waals surface area contributed by atoms with Gasteiger partial charge in [-0.3, -0.25) is 0 Å². The van der Waals surface area contributed by atoms with Gasteiger partial charge in [0, 0.05) is 6.04 Å². The molecule has 0 amide bonds. The average molecular weight is 273 g/mol. The van der Waals surface area contributed by atoms with Crippen molar-refractivity contribution in [2.24, 2.45) is 23.0 Å². The fourth-order valence-electron chi connectivity index (χ4n) is 3.95. The second kappa shape index (κ2) is 6.30. The molecule has 0 aliphatic heterocycles. The van der Waals surface area contributed by atoms with Gasteiger partial charge in [-0.1, -0.05) is 58.4 Å². The van der Waals surface area contributed by atoms with E-state index in [4.69, 9.17) is 5.73 Å². The maximum Gasteiger partial charge on any atom is 0.00749 e. The Kier molecular flexibility index (Phi) is 4.90. The number of nitrogens with two attached hydrogens (primary N) is 1. The first-order valence-corrected chi connectivity index (χ1v) is 8.25. The van der Waals surface area contributed by atoms with Crippen LogP contribution in [-0.2, 0) is 12.8 Å². The van der Waals surface area contributed by atoms with E-state index in [9.17, 15) is 0 Å². The average Bonchev–Trinajstić information content (AvgIpc) is 2.38. The molecule has 1 aliphatic carbocycles. The zero-order chi connectivity index (χ0) is 14.8. The van der Waals surface area contributed by atoms with Gasteiger partial charge in [-0.25, -0.2) is 0 Å². The van der Waals surface area contributed by atoms with E-state index >= 15 is 0 Å². The summed E-state index contributed by atoms with van der Waals surface area (Å²) in [6.45, 7) is 9.36. The van der Waals surface area contributed by atoms with Gasteiger partial charge in [0.05, 0.1) is 0 Å². The lowest BCUT2D eigenvalue weighted by molar-refractivity contribution is 0.113. The molecule has 2 N–H and O–H groups in total. The molecule has 1 aromatic carbocycles. The highest BCUT2D eigenvalue weighted by Gasteiger charge is 2.37. The fraction of sp³-hybridized carbons (Fsp3) is 0.684. The minimum absolute atomic E-state index is 0.299. The standard InChI is InChI=1S/C19H31N/c1-5-15-7-9-16(10-8-15)13-19(3,4)17-11-6-14(2)12-18(17)20/h7-10,14,17-18H,5-6,11-13,20H2,1-4H3. The third-order valence-corrected chi connectivity index (χ3v) is 5.26. The van der Waals surface area contributed by atoms with E-state index < -0.39 is 0 Å². The lowest BCUT2D eigenvalue weighted by Crippen LogP contribution is -2.44. The molecule has 0 saturated heterocycles. The summed E-state index contributed by atoms with van der Waals surface area (Å²) in [5, 5.41) is 0. The molecule has 0 aromatic heterocycles. The van der Waals surface area contributed by atoms with Crippen molar-refractivity contribution in [3.05, 3.63) is 35.4 Å². The third kappa shape index (κ3) is 3.63. The summed E-state index contributed by atoms with van der Waals surface area (Å²) in [7, 11) is 0. The Balaban J connectivity index is 2.05. The summed E-state index contributed by atoms with van der Waals surface area (Å²) in [5.74, 6) is 1.46. The smallest absolute Gasteiger partial charge is 0.00749 e. The zero-order valence-corrected chi connectivity index (χ0v) is 13.7. The first-order valence-electron chi connectivity index (χ1n) is 8.25. The third-order valence-electron chi connectivity index (χ3n) is 5.26. The Hall–Kier alpha value is -0.820. The number of hydrogen-bond donors (Lipinski definition) is 1. The summed E-state index contributed by atoms with van der Waals surface area (Å²) in [6, 6.07) is 9.53. The van der Waals surface area contributed by atoms with E-state index in [0.717, 1.165) is 18.8 Å². The van der Waals surface area contributed by atoms with Crippen molar-refractivity contribution in [3.63, 3.8) is 0 Å². The van der Waals surface area contributed by atoms with E-state index in [1.807, 2.05) is 0 Å². The normalized spacial score (nSPS) is 27.6. The van der Waals surface area contributed by atoms with Crippen molar-refractivity contribution in [2.75, 3.05) is 0 Å². The molecule has 1 fully saturated rings. The Bertz CT molecular complexity index is 418. The van der Waals surface area contributed by atoms with Gasteiger partial charge in [0.25, 0.3) is 0 Å². The molecule has 0 radical (unpaired) electrons. The van der Waals surface area contributed by atoms with Crippen LogP contribution in [0.25, 0.3) is 0 Å². The van der Waals surface area contributed by atoms with Gasteiger partial charge in [-0.15, -0.1) is 0 Å². The molecule has 1 nitrogen and oxygen atoms in total. The molecule has 3 atom stereocenters. The van der Waals surface area contributed by atoms with E-state index in [1.165, 1.54) is 30.4 Å². The Morgan fingerprint density at radius 3 is 2.25 bits per heavy atom. The number of hydrogen-bond acceptors (Lipinski definition) is 1. The van der Waals surface area contributed by atoms with Crippen LogP contribution in [-0.4, -0.2) is 6.04 Å². The topological polar surface area (TPSA) is 26.0 Å². The molecular weight excluding hydrogens is 242 g/mol. The van der Waals surface area contributed by atoms with Crippen LogP contribution in [0, 0.1) is 17.3 Å². The van der Waals surface area contributed by atoms with Crippen LogP contribution < -0.4 is 5.73 Å². The highest BCUT2D eigenvalue weighted by molar-refractivity contribution is 5.23. The molecule has 112 valence electrons. The van der Waals surface area contributed by atoms with Crippen molar-refractivity contribution in [1.29, 1.82) is 0 Å². The van der Waals surface area contributed by atoms with Crippen LogP contribution in [0.5, 0.6) is 0 Å². The van der Waals surface area contributed by atoms with Crippen LogP contribution in [0.3, 0.4) is 0 Å². The van der Waals surface area contributed by atoms with Gasteiger partial charge < -0.3 is 5.73 Å². The van der Waals surface area contributed by atoms with Crippen molar-refractivity contribution in [3.8, 4) is 0 Å².